The van der Waals surface area contributed by atoms with Crippen LogP contribution >= 0.6 is 11.3 Å². The van der Waals surface area contributed by atoms with Crippen molar-refractivity contribution in [3.63, 3.8) is 0 Å². The molecule has 0 atom stereocenters. The van der Waals surface area contributed by atoms with E-state index >= 15 is 0 Å². The van der Waals surface area contributed by atoms with Crippen LogP contribution < -0.4 is 5.32 Å². The first-order valence-corrected chi connectivity index (χ1v) is 4.97. The minimum atomic E-state index is -0.949. The Balaban J connectivity index is 2.46. The first kappa shape index (κ1) is 10.7. The summed E-state index contributed by atoms with van der Waals surface area (Å²) < 4.78 is 0. The van der Waals surface area contributed by atoms with Gasteiger partial charge in [0.1, 0.15) is 0 Å². The molecule has 0 amide bonds. The molecule has 1 heterocycles. The van der Waals surface area contributed by atoms with Crippen LogP contribution in [0, 0.1) is 13.8 Å². The number of thiazole rings is 1. The van der Waals surface area contributed by atoms with Crippen LogP contribution in [0.1, 0.15) is 15.6 Å². The van der Waals surface area contributed by atoms with Gasteiger partial charge in [0, 0.05) is 17.2 Å². The summed E-state index contributed by atoms with van der Waals surface area (Å²) in [5.41, 5.74) is 1.00. The third-order valence-corrected chi connectivity index (χ3v) is 2.68. The second-order valence-corrected chi connectivity index (χ2v) is 4.08. The molecule has 0 unspecified atom stereocenters. The van der Waals surface area contributed by atoms with Gasteiger partial charge in [0.25, 0.3) is 0 Å². The zero-order valence-electron chi connectivity index (χ0n) is 8.07. The van der Waals surface area contributed by atoms with Gasteiger partial charge in [-0.1, -0.05) is 0 Å². The third-order valence-electron chi connectivity index (χ3n) is 1.61. The van der Waals surface area contributed by atoms with Gasteiger partial charge in [0.15, 0.2) is 0 Å². The molecule has 1 rings (SSSR count). The number of aryl methyl sites for hydroxylation is 2. The van der Waals surface area contributed by atoms with E-state index in [9.17, 15) is 4.79 Å². The maximum absolute atomic E-state index is 10.1. The summed E-state index contributed by atoms with van der Waals surface area (Å²) in [4.78, 5) is 15.5. The summed E-state index contributed by atoms with van der Waals surface area (Å²) in [5, 5.41) is 12.3. The Bertz CT molecular complexity index is 358. The van der Waals surface area contributed by atoms with Gasteiger partial charge >= 0.3 is 5.97 Å². The average molecular weight is 212 g/mol. The predicted octanol–water partition coefficient (Wildman–Crippen LogP) is 1.45. The predicted molar refractivity (Wildman–Crippen MR) is 55.2 cm³/mol. The second kappa shape index (κ2) is 4.76. The number of hydrogen-bond donors (Lipinski definition) is 2. The Morgan fingerprint density at radius 2 is 2.36 bits per heavy atom. The Morgan fingerprint density at radius 1 is 1.64 bits per heavy atom. The highest BCUT2D eigenvalue weighted by Crippen LogP contribution is 2.16. The molecule has 76 valence electrons. The van der Waals surface area contributed by atoms with Crippen molar-refractivity contribution in [2.45, 2.75) is 20.4 Å². The monoisotopic (exact) mass is 212 g/mol. The lowest BCUT2D eigenvalue weighted by Crippen LogP contribution is -2.05. The van der Waals surface area contributed by atoms with Gasteiger partial charge in [-0.25, -0.2) is 9.78 Å². The molecular weight excluding hydrogens is 200 g/mol. The maximum Gasteiger partial charge on any atom is 0.329 e. The van der Waals surface area contributed by atoms with E-state index in [1.165, 1.54) is 6.20 Å². The van der Waals surface area contributed by atoms with E-state index in [4.69, 9.17) is 5.11 Å². The van der Waals surface area contributed by atoms with E-state index in [0.717, 1.165) is 21.7 Å². The van der Waals surface area contributed by atoms with Crippen molar-refractivity contribution in [3.8, 4) is 0 Å². The quantitative estimate of drug-likeness (QED) is 0.741. The zero-order valence-corrected chi connectivity index (χ0v) is 8.89. The fourth-order valence-electron chi connectivity index (χ4n) is 1.02. The van der Waals surface area contributed by atoms with E-state index in [1.54, 1.807) is 11.3 Å². The number of aliphatic carboxylic acids is 1. The normalized spacial score (nSPS) is 10.7. The SMILES string of the molecule is Cc1nc(C)c(CN/C=C/C(=O)O)s1. The minimum Gasteiger partial charge on any atom is -0.478 e. The van der Waals surface area contributed by atoms with Crippen molar-refractivity contribution in [2.75, 3.05) is 0 Å². The van der Waals surface area contributed by atoms with Crippen LogP contribution in [-0.4, -0.2) is 16.1 Å². The van der Waals surface area contributed by atoms with Gasteiger partial charge in [-0.05, 0) is 13.8 Å². The van der Waals surface area contributed by atoms with Crippen LogP contribution in [0.3, 0.4) is 0 Å². The maximum atomic E-state index is 10.1. The molecule has 1 aromatic rings. The van der Waals surface area contributed by atoms with Crippen LogP contribution in [0.5, 0.6) is 0 Å². The highest BCUT2D eigenvalue weighted by molar-refractivity contribution is 7.11. The molecule has 0 aromatic carbocycles. The molecule has 0 aliphatic carbocycles. The van der Waals surface area contributed by atoms with Crippen LogP contribution in [-0.2, 0) is 11.3 Å². The summed E-state index contributed by atoms with van der Waals surface area (Å²) in [6.07, 6.45) is 2.50. The summed E-state index contributed by atoms with van der Waals surface area (Å²) in [5.74, 6) is -0.949. The van der Waals surface area contributed by atoms with Gasteiger partial charge in [-0.3, -0.25) is 0 Å². The van der Waals surface area contributed by atoms with Crippen molar-refractivity contribution >= 4 is 17.3 Å². The Labute approximate surface area is 86.3 Å². The molecule has 0 aliphatic heterocycles. The first-order valence-electron chi connectivity index (χ1n) is 4.15. The zero-order chi connectivity index (χ0) is 10.6. The molecule has 0 bridgehead atoms. The summed E-state index contributed by atoms with van der Waals surface area (Å²) in [6, 6.07) is 0. The molecular formula is C9H12N2O2S. The number of carbonyl (C=O) groups is 1. The van der Waals surface area contributed by atoms with Crippen LogP contribution in [0.4, 0.5) is 0 Å². The molecule has 0 saturated heterocycles. The number of hydrogen-bond acceptors (Lipinski definition) is 4. The van der Waals surface area contributed by atoms with Gasteiger partial charge in [-0.15, -0.1) is 11.3 Å². The molecule has 0 spiro atoms. The first-order chi connectivity index (χ1) is 6.59. The minimum absolute atomic E-state index is 0.626. The molecule has 0 radical (unpaired) electrons. The average Bonchev–Trinajstić information content (AvgIpc) is 2.39. The van der Waals surface area contributed by atoms with Gasteiger partial charge in [0.2, 0.25) is 0 Å². The number of rotatable bonds is 4. The van der Waals surface area contributed by atoms with Crippen molar-refractivity contribution in [1.82, 2.24) is 10.3 Å². The molecule has 0 saturated carbocycles. The standard InChI is InChI=1S/C9H12N2O2S/c1-6-8(14-7(2)11-6)5-10-4-3-9(12)13/h3-4,10H,5H2,1-2H3,(H,12,13)/b4-3+. The van der Waals surface area contributed by atoms with E-state index in [2.05, 4.69) is 10.3 Å². The van der Waals surface area contributed by atoms with Crippen LogP contribution in [0.25, 0.3) is 0 Å². The number of carboxylic acids is 1. The number of nitrogens with one attached hydrogen (secondary N) is 1. The van der Waals surface area contributed by atoms with Gasteiger partial charge in [0.05, 0.1) is 17.2 Å². The van der Waals surface area contributed by atoms with E-state index in [1.807, 2.05) is 13.8 Å². The topological polar surface area (TPSA) is 62.2 Å². The highest BCUT2D eigenvalue weighted by Gasteiger charge is 2.02. The fourth-order valence-corrected chi connectivity index (χ4v) is 1.91. The summed E-state index contributed by atoms with van der Waals surface area (Å²) in [7, 11) is 0. The summed E-state index contributed by atoms with van der Waals surface area (Å²) in [6.45, 7) is 4.52. The molecule has 4 nitrogen and oxygen atoms in total. The fraction of sp³-hybridized carbons (Fsp3) is 0.333. The smallest absolute Gasteiger partial charge is 0.329 e. The van der Waals surface area contributed by atoms with E-state index < -0.39 is 5.97 Å². The van der Waals surface area contributed by atoms with Crippen molar-refractivity contribution in [1.29, 1.82) is 0 Å². The Hall–Kier alpha value is -1.36. The van der Waals surface area contributed by atoms with E-state index in [-0.39, 0.29) is 0 Å². The Kier molecular flexibility index (Phi) is 3.64. The molecule has 5 heteroatoms. The summed E-state index contributed by atoms with van der Waals surface area (Å²) >= 11 is 1.62. The number of nitrogens with zero attached hydrogens (tertiary/aromatic N) is 1. The van der Waals surface area contributed by atoms with Gasteiger partial charge < -0.3 is 10.4 Å². The highest BCUT2D eigenvalue weighted by atomic mass is 32.1. The number of carboxylic acid groups (broad SMARTS) is 1. The lowest BCUT2D eigenvalue weighted by Gasteiger charge is -1.96. The largest absolute Gasteiger partial charge is 0.478 e. The lowest BCUT2D eigenvalue weighted by molar-refractivity contribution is -0.131. The molecule has 2 N–H and O–H groups in total. The van der Waals surface area contributed by atoms with Crippen molar-refractivity contribution < 1.29 is 9.90 Å². The number of aromatic nitrogens is 1. The molecule has 0 fully saturated rings. The van der Waals surface area contributed by atoms with Crippen LogP contribution in [0.15, 0.2) is 12.3 Å². The van der Waals surface area contributed by atoms with E-state index in [0.29, 0.717) is 6.54 Å². The van der Waals surface area contributed by atoms with Gasteiger partial charge in [-0.2, -0.15) is 0 Å². The van der Waals surface area contributed by atoms with Crippen molar-refractivity contribution in [3.05, 3.63) is 27.9 Å². The van der Waals surface area contributed by atoms with Crippen molar-refractivity contribution in [2.24, 2.45) is 0 Å². The molecule has 14 heavy (non-hydrogen) atoms. The molecule has 0 aliphatic rings. The molecule has 1 aromatic heterocycles. The Morgan fingerprint density at radius 3 is 2.86 bits per heavy atom. The second-order valence-electron chi connectivity index (χ2n) is 2.79. The van der Waals surface area contributed by atoms with Crippen LogP contribution in [0.2, 0.25) is 0 Å². The third kappa shape index (κ3) is 3.18. The lowest BCUT2D eigenvalue weighted by atomic mass is 10.4.